The zero-order valence-electron chi connectivity index (χ0n) is 10.3. The van der Waals surface area contributed by atoms with Gasteiger partial charge in [0.2, 0.25) is 0 Å². The largest absolute Gasteiger partial charge is 0.478 e. The summed E-state index contributed by atoms with van der Waals surface area (Å²) in [4.78, 5) is 22.1. The second-order valence-corrected chi connectivity index (χ2v) is 3.76. The molecule has 1 rings (SSSR count). The Morgan fingerprint density at radius 2 is 1.94 bits per heavy atom. The van der Waals surface area contributed by atoms with E-state index in [9.17, 15) is 9.59 Å². The van der Waals surface area contributed by atoms with Crippen LogP contribution in [0.3, 0.4) is 0 Å². The van der Waals surface area contributed by atoms with Gasteiger partial charge in [-0.1, -0.05) is 0 Å². The van der Waals surface area contributed by atoms with E-state index in [-0.39, 0.29) is 17.7 Å². The van der Waals surface area contributed by atoms with E-state index in [0.717, 1.165) is 0 Å². The summed E-state index contributed by atoms with van der Waals surface area (Å²) in [7, 11) is 1.56. The number of carboxylic acid groups (broad SMARTS) is 1. The molecule has 6 nitrogen and oxygen atoms in total. The highest BCUT2D eigenvalue weighted by Crippen LogP contribution is 2.09. The van der Waals surface area contributed by atoms with E-state index in [1.54, 1.807) is 7.11 Å². The van der Waals surface area contributed by atoms with E-state index >= 15 is 0 Å². The van der Waals surface area contributed by atoms with Gasteiger partial charge in [-0.15, -0.1) is 0 Å². The molecule has 0 heterocycles. The molecule has 1 unspecified atom stereocenters. The first-order valence-electron chi connectivity index (χ1n) is 5.44. The predicted octanol–water partition coefficient (Wildman–Crippen LogP) is 1.54. The highest BCUT2D eigenvalue weighted by atomic mass is 16.5. The Morgan fingerprint density at radius 3 is 2.44 bits per heavy atom. The van der Waals surface area contributed by atoms with Crippen molar-refractivity contribution in [3.8, 4) is 0 Å². The first-order chi connectivity index (χ1) is 8.52. The van der Waals surface area contributed by atoms with Gasteiger partial charge in [-0.25, -0.2) is 9.59 Å². The van der Waals surface area contributed by atoms with Crippen molar-refractivity contribution >= 4 is 17.7 Å². The Balaban J connectivity index is 2.47. The third kappa shape index (κ3) is 4.42. The van der Waals surface area contributed by atoms with E-state index < -0.39 is 5.97 Å². The molecule has 0 aliphatic carbocycles. The number of urea groups is 1. The lowest BCUT2D eigenvalue weighted by Gasteiger charge is -2.11. The molecule has 0 saturated heterocycles. The van der Waals surface area contributed by atoms with Gasteiger partial charge in [0.1, 0.15) is 0 Å². The second-order valence-electron chi connectivity index (χ2n) is 3.76. The van der Waals surface area contributed by atoms with Gasteiger partial charge in [0.15, 0.2) is 0 Å². The van der Waals surface area contributed by atoms with Crippen LogP contribution in [0.15, 0.2) is 24.3 Å². The van der Waals surface area contributed by atoms with E-state index in [0.29, 0.717) is 12.2 Å². The van der Waals surface area contributed by atoms with E-state index in [1.165, 1.54) is 24.3 Å². The minimum Gasteiger partial charge on any atom is -0.478 e. The fourth-order valence-corrected chi connectivity index (χ4v) is 1.19. The zero-order chi connectivity index (χ0) is 13.5. The number of anilines is 1. The number of hydrogen-bond donors (Lipinski definition) is 3. The molecule has 0 aliphatic rings. The quantitative estimate of drug-likeness (QED) is 0.741. The van der Waals surface area contributed by atoms with Gasteiger partial charge in [-0.05, 0) is 31.2 Å². The maximum Gasteiger partial charge on any atom is 0.335 e. The van der Waals surface area contributed by atoms with Crippen LogP contribution in [0, 0.1) is 0 Å². The maximum atomic E-state index is 11.5. The highest BCUT2D eigenvalue weighted by molar-refractivity contribution is 5.91. The van der Waals surface area contributed by atoms with E-state index in [2.05, 4.69) is 10.6 Å². The molecule has 0 aromatic heterocycles. The average molecular weight is 252 g/mol. The van der Waals surface area contributed by atoms with Gasteiger partial charge in [0.05, 0.1) is 11.7 Å². The predicted molar refractivity (Wildman–Crippen MR) is 66.9 cm³/mol. The number of benzene rings is 1. The van der Waals surface area contributed by atoms with Gasteiger partial charge in [0, 0.05) is 19.3 Å². The van der Waals surface area contributed by atoms with Crippen LogP contribution < -0.4 is 10.6 Å². The van der Waals surface area contributed by atoms with Crippen LogP contribution in [0.5, 0.6) is 0 Å². The summed E-state index contributed by atoms with van der Waals surface area (Å²) in [6, 6.07) is 5.55. The van der Waals surface area contributed by atoms with Crippen molar-refractivity contribution in [1.29, 1.82) is 0 Å². The average Bonchev–Trinajstić information content (AvgIpc) is 2.36. The fourth-order valence-electron chi connectivity index (χ4n) is 1.19. The number of aromatic carboxylic acids is 1. The molecule has 3 N–H and O–H groups in total. The lowest BCUT2D eigenvalue weighted by molar-refractivity contribution is 0.0697. The molecule has 2 amide bonds. The molecule has 18 heavy (non-hydrogen) atoms. The van der Waals surface area contributed by atoms with Gasteiger partial charge in [-0.3, -0.25) is 0 Å². The third-order valence-corrected chi connectivity index (χ3v) is 2.34. The molecule has 6 heteroatoms. The van der Waals surface area contributed by atoms with Crippen LogP contribution in [0.4, 0.5) is 10.5 Å². The maximum absolute atomic E-state index is 11.5. The van der Waals surface area contributed by atoms with Crippen LogP contribution in [0.25, 0.3) is 0 Å². The van der Waals surface area contributed by atoms with Crippen molar-refractivity contribution in [2.24, 2.45) is 0 Å². The van der Waals surface area contributed by atoms with E-state index in [4.69, 9.17) is 9.84 Å². The Morgan fingerprint density at radius 1 is 1.33 bits per heavy atom. The SMILES string of the molecule is COC(C)CNC(=O)Nc1ccc(C(=O)O)cc1. The van der Waals surface area contributed by atoms with E-state index in [1.807, 2.05) is 6.92 Å². The van der Waals surface area contributed by atoms with Crippen molar-refractivity contribution in [2.75, 3.05) is 19.0 Å². The molecule has 0 radical (unpaired) electrons. The summed E-state index contributed by atoms with van der Waals surface area (Å²) in [6.07, 6.45) is -0.0647. The van der Waals surface area contributed by atoms with Crippen LogP contribution in [0.1, 0.15) is 17.3 Å². The van der Waals surface area contributed by atoms with Gasteiger partial charge in [0.25, 0.3) is 0 Å². The minimum absolute atomic E-state index is 0.0647. The Hall–Kier alpha value is -2.08. The number of ether oxygens (including phenoxy) is 1. The number of carboxylic acids is 1. The molecule has 98 valence electrons. The number of nitrogens with one attached hydrogen (secondary N) is 2. The highest BCUT2D eigenvalue weighted by Gasteiger charge is 2.05. The molecular weight excluding hydrogens is 236 g/mol. The summed E-state index contributed by atoms with van der Waals surface area (Å²) < 4.78 is 4.99. The molecule has 0 saturated carbocycles. The molecule has 0 aliphatic heterocycles. The van der Waals surface area contributed by atoms with Crippen LogP contribution in [-0.4, -0.2) is 36.9 Å². The summed E-state index contributed by atoms with van der Waals surface area (Å²) >= 11 is 0. The van der Waals surface area contributed by atoms with Crippen molar-refractivity contribution < 1.29 is 19.4 Å². The van der Waals surface area contributed by atoms with Crippen molar-refractivity contribution in [3.05, 3.63) is 29.8 Å². The molecule has 1 atom stereocenters. The summed E-state index contributed by atoms with van der Waals surface area (Å²) in [6.45, 7) is 2.23. The molecule has 0 fully saturated rings. The van der Waals surface area contributed by atoms with Crippen LogP contribution in [0.2, 0.25) is 0 Å². The number of methoxy groups -OCH3 is 1. The molecule has 1 aromatic rings. The van der Waals surface area contributed by atoms with Crippen LogP contribution in [-0.2, 0) is 4.74 Å². The van der Waals surface area contributed by atoms with Crippen molar-refractivity contribution in [1.82, 2.24) is 5.32 Å². The number of carbonyl (C=O) groups is 2. The Kier molecular flexibility index (Phi) is 5.13. The van der Waals surface area contributed by atoms with Gasteiger partial charge in [-0.2, -0.15) is 0 Å². The van der Waals surface area contributed by atoms with Crippen LogP contribution >= 0.6 is 0 Å². The zero-order valence-corrected chi connectivity index (χ0v) is 10.3. The number of amides is 2. The smallest absolute Gasteiger partial charge is 0.335 e. The first-order valence-corrected chi connectivity index (χ1v) is 5.44. The third-order valence-electron chi connectivity index (χ3n) is 2.34. The fraction of sp³-hybridized carbons (Fsp3) is 0.333. The Labute approximate surface area is 105 Å². The summed E-state index contributed by atoms with van der Waals surface area (Å²) in [5.41, 5.74) is 0.705. The molecule has 1 aromatic carbocycles. The molecular formula is C12H16N2O4. The number of carbonyl (C=O) groups excluding carboxylic acids is 1. The number of rotatable bonds is 5. The first kappa shape index (κ1) is 14.0. The standard InChI is InChI=1S/C12H16N2O4/c1-8(18-2)7-13-12(17)14-10-5-3-9(4-6-10)11(15)16/h3-6,8H,7H2,1-2H3,(H,15,16)(H2,13,14,17). The topological polar surface area (TPSA) is 87.7 Å². The van der Waals surface area contributed by atoms with Crippen molar-refractivity contribution in [2.45, 2.75) is 13.0 Å². The lowest BCUT2D eigenvalue weighted by atomic mass is 10.2. The molecule has 0 spiro atoms. The minimum atomic E-state index is -1.00. The second kappa shape index (κ2) is 6.61. The Bertz CT molecular complexity index is 417. The van der Waals surface area contributed by atoms with Crippen molar-refractivity contribution in [3.63, 3.8) is 0 Å². The summed E-state index contributed by atoms with van der Waals surface area (Å²) in [5, 5.41) is 13.9. The van der Waals surface area contributed by atoms with Gasteiger partial charge < -0.3 is 20.5 Å². The van der Waals surface area contributed by atoms with Gasteiger partial charge >= 0.3 is 12.0 Å². The summed E-state index contributed by atoms with van der Waals surface area (Å²) in [5.74, 6) is -1.00. The molecule has 0 bridgehead atoms. The normalized spacial score (nSPS) is 11.7. The lowest BCUT2D eigenvalue weighted by Crippen LogP contribution is -2.34. The monoisotopic (exact) mass is 252 g/mol. The number of hydrogen-bond acceptors (Lipinski definition) is 3.